The van der Waals surface area contributed by atoms with Gasteiger partial charge in [0.25, 0.3) is 11.8 Å². The summed E-state index contributed by atoms with van der Waals surface area (Å²) in [7, 11) is 0. The Morgan fingerprint density at radius 3 is 2.84 bits per heavy atom. The Hall–Kier alpha value is -3.28. The third-order valence-electron chi connectivity index (χ3n) is 5.70. The number of nitrogens with one attached hydrogen (secondary N) is 2. The predicted octanol–water partition coefficient (Wildman–Crippen LogP) is 4.04. The smallest absolute Gasteiger partial charge is 0.410 e. The average Bonchev–Trinajstić information content (AvgIpc) is 3.48. The largest absolute Gasteiger partial charge is 0.467 e. The van der Waals surface area contributed by atoms with Gasteiger partial charge in [-0.15, -0.1) is 11.3 Å². The highest BCUT2D eigenvalue weighted by Gasteiger charge is 2.47. The number of nitrogens with zero attached hydrogens (tertiary/aromatic N) is 2. The van der Waals surface area contributed by atoms with Crippen LogP contribution in [0.3, 0.4) is 0 Å². The fourth-order valence-electron chi connectivity index (χ4n) is 4.28. The number of furan rings is 1. The van der Waals surface area contributed by atoms with Gasteiger partial charge >= 0.3 is 6.18 Å². The number of aromatic nitrogens is 2. The van der Waals surface area contributed by atoms with Gasteiger partial charge in [-0.05, 0) is 37.0 Å². The highest BCUT2D eigenvalue weighted by Crippen LogP contribution is 2.44. The van der Waals surface area contributed by atoms with Crippen molar-refractivity contribution in [3.05, 3.63) is 51.9 Å². The van der Waals surface area contributed by atoms with Crippen LogP contribution in [0.5, 0.6) is 0 Å². The van der Waals surface area contributed by atoms with Crippen LogP contribution in [0.15, 0.2) is 28.9 Å². The van der Waals surface area contributed by atoms with Crippen molar-refractivity contribution in [1.29, 1.82) is 0 Å². The lowest BCUT2D eigenvalue weighted by Gasteiger charge is -2.32. The summed E-state index contributed by atoms with van der Waals surface area (Å²) in [6.07, 6.45) is -1.13. The summed E-state index contributed by atoms with van der Waals surface area (Å²) in [6.45, 7) is 0. The Labute approximate surface area is 183 Å². The first-order valence-corrected chi connectivity index (χ1v) is 10.8. The molecule has 3 aromatic rings. The first-order valence-electron chi connectivity index (χ1n) is 9.94. The topological polar surface area (TPSA) is 115 Å². The first-order chi connectivity index (χ1) is 15.2. The van der Waals surface area contributed by atoms with Crippen molar-refractivity contribution in [3.63, 3.8) is 0 Å². The molecule has 0 aromatic carbocycles. The van der Waals surface area contributed by atoms with Gasteiger partial charge < -0.3 is 20.8 Å². The molecule has 2 aliphatic rings. The molecule has 0 saturated carbocycles. The molecule has 32 heavy (non-hydrogen) atoms. The van der Waals surface area contributed by atoms with Crippen molar-refractivity contribution >= 4 is 34.0 Å². The van der Waals surface area contributed by atoms with Crippen LogP contribution in [0, 0.1) is 0 Å². The lowest BCUT2D eigenvalue weighted by atomic mass is 10.0. The number of rotatable bonds is 4. The van der Waals surface area contributed by atoms with E-state index in [1.165, 1.54) is 23.7 Å². The number of carbonyl (C=O) groups excluding carboxylic acids is 2. The van der Waals surface area contributed by atoms with E-state index in [2.05, 4.69) is 15.7 Å². The van der Waals surface area contributed by atoms with Gasteiger partial charge in [0, 0.05) is 17.4 Å². The summed E-state index contributed by atoms with van der Waals surface area (Å²) in [5.41, 5.74) is 6.41. The normalized spacial score (nSPS) is 19.8. The van der Waals surface area contributed by atoms with Crippen LogP contribution in [0.1, 0.15) is 62.0 Å². The number of amides is 2. The number of fused-ring (bicyclic) bond motifs is 2. The van der Waals surface area contributed by atoms with E-state index in [0.717, 1.165) is 28.0 Å². The molecule has 0 fully saturated rings. The minimum absolute atomic E-state index is 0.0499. The van der Waals surface area contributed by atoms with Gasteiger partial charge in [-0.25, -0.2) is 4.68 Å². The molecule has 1 aliphatic carbocycles. The van der Waals surface area contributed by atoms with Gasteiger partial charge in [-0.1, -0.05) is 0 Å². The molecular formula is C20H18F3N5O3S. The van der Waals surface area contributed by atoms with Crippen LogP contribution in [-0.2, 0) is 12.8 Å². The van der Waals surface area contributed by atoms with Crippen LogP contribution < -0.4 is 16.4 Å². The first kappa shape index (κ1) is 20.6. The van der Waals surface area contributed by atoms with Crippen LogP contribution in [0.4, 0.5) is 24.0 Å². The van der Waals surface area contributed by atoms with Gasteiger partial charge in [-0.3, -0.25) is 9.59 Å². The van der Waals surface area contributed by atoms with Crippen molar-refractivity contribution in [2.75, 3.05) is 10.6 Å². The van der Waals surface area contributed by atoms with Crippen LogP contribution in [0.2, 0.25) is 0 Å². The molecule has 2 amide bonds. The number of carbonyl (C=O) groups is 2. The number of primary amides is 1. The van der Waals surface area contributed by atoms with E-state index in [-0.39, 0.29) is 23.5 Å². The number of hydrogen-bond donors (Lipinski definition) is 3. The highest BCUT2D eigenvalue weighted by atomic mass is 32.1. The molecule has 3 aromatic heterocycles. The third-order valence-corrected chi connectivity index (χ3v) is 6.91. The van der Waals surface area contributed by atoms with Gasteiger partial charge in [0.2, 0.25) is 0 Å². The Bertz CT molecular complexity index is 1200. The Morgan fingerprint density at radius 2 is 2.16 bits per heavy atom. The molecule has 1 aliphatic heterocycles. The number of hydrogen-bond acceptors (Lipinski definition) is 6. The van der Waals surface area contributed by atoms with E-state index in [9.17, 15) is 22.8 Å². The molecule has 168 valence electrons. The minimum Gasteiger partial charge on any atom is -0.467 e. The molecule has 12 heteroatoms. The zero-order valence-electron chi connectivity index (χ0n) is 16.5. The maximum atomic E-state index is 13.8. The second-order valence-electron chi connectivity index (χ2n) is 7.74. The van der Waals surface area contributed by atoms with Crippen molar-refractivity contribution in [2.45, 2.75) is 43.9 Å². The predicted molar refractivity (Wildman–Crippen MR) is 110 cm³/mol. The highest BCUT2D eigenvalue weighted by molar-refractivity contribution is 7.17. The molecule has 4 heterocycles. The number of nitrogens with two attached hydrogens (primary N) is 1. The maximum Gasteiger partial charge on any atom is 0.410 e. The molecule has 8 nitrogen and oxygen atoms in total. The summed E-state index contributed by atoms with van der Waals surface area (Å²) in [5, 5.41) is 9.80. The van der Waals surface area contributed by atoms with Gasteiger partial charge in [0.1, 0.15) is 16.6 Å². The zero-order chi connectivity index (χ0) is 22.6. The molecule has 0 bridgehead atoms. The summed E-state index contributed by atoms with van der Waals surface area (Å²) >= 11 is 1.26. The molecule has 0 radical (unpaired) electrons. The summed E-state index contributed by atoms with van der Waals surface area (Å²) in [6, 6.07) is 1.79. The van der Waals surface area contributed by atoms with E-state index < -0.39 is 30.1 Å². The van der Waals surface area contributed by atoms with Gasteiger partial charge in [0.15, 0.2) is 11.7 Å². The Kier molecular flexibility index (Phi) is 4.77. The Morgan fingerprint density at radius 1 is 1.34 bits per heavy atom. The fraction of sp³-hybridized carbons (Fsp3) is 0.350. The SMILES string of the molecule is NC(=O)c1c(NC(=O)c2cc3n(n2)[C@H](C(F)(F)F)C[C@H](c2ccco2)N3)sc2c1CCC2. The van der Waals surface area contributed by atoms with E-state index >= 15 is 0 Å². The lowest BCUT2D eigenvalue weighted by Crippen LogP contribution is -2.35. The molecule has 2 atom stereocenters. The zero-order valence-corrected chi connectivity index (χ0v) is 17.3. The van der Waals surface area contributed by atoms with E-state index in [0.29, 0.717) is 17.2 Å². The number of halogens is 3. The summed E-state index contributed by atoms with van der Waals surface area (Å²) in [4.78, 5) is 25.8. The average molecular weight is 465 g/mol. The van der Waals surface area contributed by atoms with E-state index in [1.807, 2.05) is 0 Å². The Balaban J connectivity index is 1.46. The van der Waals surface area contributed by atoms with Crippen LogP contribution in [0.25, 0.3) is 0 Å². The number of aryl methyl sites for hydroxylation is 1. The van der Waals surface area contributed by atoms with Crippen molar-refractivity contribution < 1.29 is 27.2 Å². The number of anilines is 2. The van der Waals surface area contributed by atoms with Crippen molar-refractivity contribution in [1.82, 2.24) is 9.78 Å². The minimum atomic E-state index is -4.57. The molecule has 4 N–H and O–H groups in total. The molecule has 0 spiro atoms. The molecule has 0 saturated heterocycles. The van der Waals surface area contributed by atoms with E-state index in [4.69, 9.17) is 10.2 Å². The van der Waals surface area contributed by atoms with Crippen LogP contribution in [-0.4, -0.2) is 27.8 Å². The van der Waals surface area contributed by atoms with Gasteiger partial charge in [-0.2, -0.15) is 18.3 Å². The second-order valence-corrected chi connectivity index (χ2v) is 8.85. The number of alkyl halides is 3. The second kappa shape index (κ2) is 7.40. The van der Waals surface area contributed by atoms with E-state index in [1.54, 1.807) is 12.1 Å². The molecule has 5 rings (SSSR count). The number of thiophene rings is 1. The van der Waals surface area contributed by atoms with Gasteiger partial charge in [0.05, 0.1) is 17.9 Å². The van der Waals surface area contributed by atoms with Crippen molar-refractivity contribution in [3.8, 4) is 0 Å². The summed E-state index contributed by atoms with van der Waals surface area (Å²) < 4.78 is 47.3. The molecular weight excluding hydrogens is 447 g/mol. The fourth-order valence-corrected chi connectivity index (χ4v) is 5.57. The van der Waals surface area contributed by atoms with Crippen LogP contribution >= 0.6 is 11.3 Å². The maximum absolute atomic E-state index is 13.8. The quantitative estimate of drug-likeness (QED) is 0.538. The summed E-state index contributed by atoms with van der Waals surface area (Å²) in [5.74, 6) is -0.957. The van der Waals surface area contributed by atoms with Crippen molar-refractivity contribution in [2.24, 2.45) is 5.73 Å². The standard InChI is InChI=1S/C20H18F3N5O3S/c21-20(22,23)14-7-10(12-4-2-6-31-12)25-15-8-11(27-28(14)15)18(30)26-19-16(17(24)29)9-3-1-5-13(9)32-19/h2,4,6,8,10,14,25H,1,3,5,7H2,(H2,24,29)(H,26,30)/t10-,14+/m1/s1. The molecule has 0 unspecified atom stereocenters. The monoisotopic (exact) mass is 465 g/mol. The third kappa shape index (κ3) is 3.44. The lowest BCUT2D eigenvalue weighted by molar-refractivity contribution is -0.174.